The minimum atomic E-state index is -0.875. The van der Waals surface area contributed by atoms with Crippen molar-refractivity contribution in [3.8, 4) is 5.75 Å². The molecule has 0 spiro atoms. The number of nitrogens with one attached hydrogen (secondary N) is 1. The van der Waals surface area contributed by atoms with Crippen molar-refractivity contribution in [1.29, 1.82) is 0 Å². The molecule has 4 nitrogen and oxygen atoms in total. The van der Waals surface area contributed by atoms with E-state index in [9.17, 15) is 8.78 Å². The van der Waals surface area contributed by atoms with E-state index in [1.54, 1.807) is 18.5 Å². The molecule has 1 aromatic carbocycles. The van der Waals surface area contributed by atoms with Gasteiger partial charge in [-0.1, -0.05) is 6.07 Å². The molecule has 2 aromatic rings. The first-order valence-corrected chi connectivity index (χ1v) is 6.03. The molecule has 0 saturated heterocycles. The molecule has 0 fully saturated rings. The Bertz CT molecular complexity index is 592. The van der Waals surface area contributed by atoms with Crippen molar-refractivity contribution >= 4 is 0 Å². The summed E-state index contributed by atoms with van der Waals surface area (Å²) in [6.45, 7) is 0. The Morgan fingerprint density at radius 3 is 2.75 bits per heavy atom. The molecule has 2 rings (SSSR count). The van der Waals surface area contributed by atoms with Gasteiger partial charge >= 0.3 is 0 Å². The normalized spacial score (nSPS) is 12.2. The number of methoxy groups -OCH3 is 1. The van der Waals surface area contributed by atoms with Crippen LogP contribution in [0.15, 0.2) is 36.7 Å². The first-order valence-electron chi connectivity index (χ1n) is 6.03. The number of nitrogens with two attached hydrogens (primary N) is 1. The number of nitrogens with zero attached hydrogens (tertiary/aromatic N) is 1. The van der Waals surface area contributed by atoms with Crippen LogP contribution in [-0.4, -0.2) is 12.1 Å². The summed E-state index contributed by atoms with van der Waals surface area (Å²) in [6, 6.07) is 5.26. The van der Waals surface area contributed by atoms with E-state index in [0.29, 0.717) is 17.7 Å². The van der Waals surface area contributed by atoms with Crippen molar-refractivity contribution in [2.24, 2.45) is 5.84 Å². The molecule has 0 aliphatic rings. The number of hydrogen-bond acceptors (Lipinski definition) is 4. The number of rotatable bonds is 5. The van der Waals surface area contributed by atoms with E-state index < -0.39 is 11.6 Å². The van der Waals surface area contributed by atoms with Crippen LogP contribution >= 0.6 is 0 Å². The highest BCUT2D eigenvalue weighted by atomic mass is 19.2. The fourth-order valence-corrected chi connectivity index (χ4v) is 2.01. The number of halogens is 2. The molecule has 0 bridgehead atoms. The second kappa shape index (κ2) is 6.40. The van der Waals surface area contributed by atoms with Crippen LogP contribution < -0.4 is 16.0 Å². The molecule has 0 aliphatic carbocycles. The zero-order chi connectivity index (χ0) is 14.5. The van der Waals surface area contributed by atoms with E-state index in [-0.39, 0.29) is 6.04 Å². The molecule has 106 valence electrons. The second-order valence-corrected chi connectivity index (χ2v) is 4.29. The van der Waals surface area contributed by atoms with Gasteiger partial charge < -0.3 is 4.74 Å². The van der Waals surface area contributed by atoms with Crippen LogP contribution in [-0.2, 0) is 6.42 Å². The quantitative estimate of drug-likeness (QED) is 0.650. The van der Waals surface area contributed by atoms with Gasteiger partial charge in [0.15, 0.2) is 11.6 Å². The first kappa shape index (κ1) is 14.4. The molecule has 1 heterocycles. The number of benzene rings is 1. The summed E-state index contributed by atoms with van der Waals surface area (Å²) in [6.07, 6.45) is 3.59. The van der Waals surface area contributed by atoms with Gasteiger partial charge in [-0.25, -0.2) is 8.78 Å². The van der Waals surface area contributed by atoms with E-state index in [1.165, 1.54) is 13.2 Å². The van der Waals surface area contributed by atoms with Gasteiger partial charge in [0.25, 0.3) is 0 Å². The minimum absolute atomic E-state index is 0.294. The van der Waals surface area contributed by atoms with Crippen LogP contribution in [0.5, 0.6) is 5.75 Å². The summed E-state index contributed by atoms with van der Waals surface area (Å²) in [7, 11) is 1.53. The summed E-state index contributed by atoms with van der Waals surface area (Å²) in [4.78, 5) is 3.96. The van der Waals surface area contributed by atoms with Gasteiger partial charge in [0, 0.05) is 11.8 Å². The van der Waals surface area contributed by atoms with E-state index in [4.69, 9.17) is 10.6 Å². The highest BCUT2D eigenvalue weighted by Crippen LogP contribution is 2.26. The molecular formula is C14H15F2N3O. The number of hydrogen-bond donors (Lipinski definition) is 2. The summed E-state index contributed by atoms with van der Waals surface area (Å²) < 4.78 is 31.4. The second-order valence-electron chi connectivity index (χ2n) is 4.29. The maximum absolute atomic E-state index is 13.2. The van der Waals surface area contributed by atoms with Gasteiger partial charge in [0.2, 0.25) is 0 Å². The van der Waals surface area contributed by atoms with E-state index in [1.807, 2.05) is 0 Å². The smallest absolute Gasteiger partial charge is 0.159 e. The Labute approximate surface area is 115 Å². The molecular weight excluding hydrogens is 264 g/mol. The van der Waals surface area contributed by atoms with Gasteiger partial charge in [-0.05, 0) is 30.2 Å². The largest absolute Gasteiger partial charge is 0.495 e. The Balaban J connectivity index is 2.26. The van der Waals surface area contributed by atoms with Crippen LogP contribution in [0.4, 0.5) is 8.78 Å². The average Bonchev–Trinajstić information content (AvgIpc) is 2.48. The lowest BCUT2D eigenvalue weighted by molar-refractivity contribution is 0.397. The Kier molecular flexibility index (Phi) is 4.60. The maximum atomic E-state index is 13.2. The average molecular weight is 279 g/mol. The third-order valence-electron chi connectivity index (χ3n) is 3.04. The maximum Gasteiger partial charge on any atom is 0.159 e. The molecule has 0 saturated carbocycles. The lowest BCUT2D eigenvalue weighted by atomic mass is 9.99. The highest BCUT2D eigenvalue weighted by Gasteiger charge is 2.16. The predicted octanol–water partition coefficient (Wildman–Crippen LogP) is 2.12. The van der Waals surface area contributed by atoms with Crippen molar-refractivity contribution in [3.05, 3.63) is 59.4 Å². The van der Waals surface area contributed by atoms with Gasteiger partial charge in [0.1, 0.15) is 5.75 Å². The lowest BCUT2D eigenvalue weighted by Gasteiger charge is -2.18. The molecule has 20 heavy (non-hydrogen) atoms. The fraction of sp³-hybridized carbons (Fsp3) is 0.214. The summed E-state index contributed by atoms with van der Waals surface area (Å²) in [5, 5.41) is 0. The molecule has 0 radical (unpaired) electrons. The number of aromatic nitrogens is 1. The molecule has 1 aromatic heterocycles. The monoisotopic (exact) mass is 279 g/mol. The standard InChI is InChI=1S/C14H15F2N3O/c1-20-14-8-18-5-4-10(14)13(19-17)7-9-2-3-11(15)12(16)6-9/h2-6,8,13,19H,7,17H2,1H3. The van der Waals surface area contributed by atoms with E-state index in [0.717, 1.165) is 17.7 Å². The summed E-state index contributed by atoms with van der Waals surface area (Å²) in [5.41, 5.74) is 4.08. The molecule has 1 unspecified atom stereocenters. The van der Waals surface area contributed by atoms with Crippen molar-refractivity contribution in [1.82, 2.24) is 10.4 Å². The summed E-state index contributed by atoms with van der Waals surface area (Å²) in [5.74, 6) is 4.39. The summed E-state index contributed by atoms with van der Waals surface area (Å²) >= 11 is 0. The van der Waals surface area contributed by atoms with E-state index >= 15 is 0 Å². The predicted molar refractivity (Wildman–Crippen MR) is 70.9 cm³/mol. The van der Waals surface area contributed by atoms with Gasteiger partial charge in [0.05, 0.1) is 19.3 Å². The molecule has 0 amide bonds. The highest BCUT2D eigenvalue weighted by molar-refractivity contribution is 5.34. The Hall–Kier alpha value is -2.05. The van der Waals surface area contributed by atoms with Gasteiger partial charge in [-0.3, -0.25) is 16.3 Å². The number of hydrazine groups is 1. The number of pyridine rings is 1. The van der Waals surface area contributed by atoms with Crippen molar-refractivity contribution in [3.63, 3.8) is 0 Å². The molecule has 6 heteroatoms. The molecule has 1 atom stereocenters. The van der Waals surface area contributed by atoms with Crippen molar-refractivity contribution in [2.75, 3.05) is 7.11 Å². The molecule has 0 aliphatic heterocycles. The first-order chi connectivity index (χ1) is 9.65. The van der Waals surface area contributed by atoms with Gasteiger partial charge in [-0.2, -0.15) is 0 Å². The third-order valence-corrected chi connectivity index (χ3v) is 3.04. The van der Waals surface area contributed by atoms with Gasteiger partial charge in [-0.15, -0.1) is 0 Å². The Morgan fingerprint density at radius 1 is 1.30 bits per heavy atom. The van der Waals surface area contributed by atoms with Crippen LogP contribution in [0.1, 0.15) is 17.2 Å². The zero-order valence-electron chi connectivity index (χ0n) is 10.9. The van der Waals surface area contributed by atoms with Crippen LogP contribution in [0.2, 0.25) is 0 Å². The van der Waals surface area contributed by atoms with Crippen LogP contribution in [0.3, 0.4) is 0 Å². The third kappa shape index (κ3) is 3.09. The van der Waals surface area contributed by atoms with Crippen LogP contribution in [0, 0.1) is 11.6 Å². The Morgan fingerprint density at radius 2 is 2.10 bits per heavy atom. The SMILES string of the molecule is COc1cnccc1C(Cc1ccc(F)c(F)c1)NN. The molecule has 3 N–H and O–H groups in total. The fourth-order valence-electron chi connectivity index (χ4n) is 2.01. The van der Waals surface area contributed by atoms with Crippen LogP contribution in [0.25, 0.3) is 0 Å². The van der Waals surface area contributed by atoms with E-state index in [2.05, 4.69) is 10.4 Å². The minimum Gasteiger partial charge on any atom is -0.495 e. The zero-order valence-corrected chi connectivity index (χ0v) is 10.9. The number of ether oxygens (including phenoxy) is 1. The topological polar surface area (TPSA) is 60.2 Å². The lowest BCUT2D eigenvalue weighted by Crippen LogP contribution is -2.30. The van der Waals surface area contributed by atoms with Crippen molar-refractivity contribution < 1.29 is 13.5 Å². The van der Waals surface area contributed by atoms with Crippen molar-refractivity contribution in [2.45, 2.75) is 12.5 Å².